The molecular weight excluding hydrogens is 1080 g/mol. The van der Waals surface area contributed by atoms with Gasteiger partial charge < -0.3 is 45.1 Å². The Bertz CT molecular complexity index is 3090. The molecule has 0 radical (unpaired) electrons. The van der Waals surface area contributed by atoms with Crippen LogP contribution in [0, 0.1) is 29.1 Å². The summed E-state index contributed by atoms with van der Waals surface area (Å²) in [6.07, 6.45) is 9.34. The van der Waals surface area contributed by atoms with Gasteiger partial charge in [-0.25, -0.2) is 8.51 Å². The molecule has 0 saturated carbocycles. The number of anilines is 2. The lowest BCUT2D eigenvalue weighted by molar-refractivity contribution is -0.140. The Morgan fingerprint density at radius 2 is 1.59 bits per heavy atom. The second-order valence-electron chi connectivity index (χ2n) is 21.8. The first-order valence-electron chi connectivity index (χ1n) is 29.0. The predicted octanol–water partition coefficient (Wildman–Crippen LogP) is 9.57. The Kier molecular flexibility index (Phi) is 24.1. The maximum absolute atomic E-state index is 13.8. The second kappa shape index (κ2) is 31.5. The fourth-order valence-corrected chi connectivity index (χ4v) is 11.6. The highest BCUT2D eigenvalue weighted by atomic mass is 32.2. The number of aryl methyl sites for hydroxylation is 1. The van der Waals surface area contributed by atoms with Crippen molar-refractivity contribution in [2.24, 2.45) is 0 Å². The summed E-state index contributed by atoms with van der Waals surface area (Å²) in [5, 5.41) is 29.6. The number of ether oxygens (including phenoxy) is 1. The first kappa shape index (κ1) is 63.5. The molecule has 7 rings (SSSR count). The van der Waals surface area contributed by atoms with Crippen LogP contribution in [-0.4, -0.2) is 153 Å². The maximum atomic E-state index is 13.8. The van der Waals surface area contributed by atoms with Gasteiger partial charge in [-0.15, -0.1) is 0 Å². The number of methoxy groups -OCH3 is 1. The minimum Gasteiger partial charge on any atom is -0.495 e. The van der Waals surface area contributed by atoms with Crippen LogP contribution in [0.2, 0.25) is 0 Å². The van der Waals surface area contributed by atoms with E-state index in [-0.39, 0.29) is 48.8 Å². The molecule has 2 saturated heterocycles. The average molecular weight is 1160 g/mol. The lowest BCUT2D eigenvalue weighted by atomic mass is 9.90. The fraction of sp³-hybridized carbons (Fsp3) is 0.492. The lowest BCUT2D eigenvalue weighted by Crippen LogP contribution is -2.53. The predicted molar refractivity (Wildman–Crippen MR) is 322 cm³/mol. The monoisotopic (exact) mass is 1160 g/mol. The number of nitrogens with one attached hydrogen (secondary N) is 5. The average Bonchev–Trinajstić information content (AvgIpc) is 4.31. The SMILES string of the molecule is COc1cc(S(=O)N(C)CCCCCCCCCCCNC(=O)CC#Cc2ccc(C(=O)N(C=N)CC3(O)CCN(C(=O)CCc4ccccc4)CC3)[nH]2)ccc1NCC#Cc1cc2c(NC3CCN(C)CC3)cccc2n1CC(F)(F)F. The smallest absolute Gasteiger partial charge is 0.406 e. The zero-order valence-electron chi connectivity index (χ0n) is 48.2. The van der Waals surface area contributed by atoms with Crippen LogP contribution in [0.25, 0.3) is 10.9 Å². The summed E-state index contributed by atoms with van der Waals surface area (Å²) >= 11 is 0. The van der Waals surface area contributed by atoms with Gasteiger partial charge in [-0.2, -0.15) is 13.2 Å². The summed E-state index contributed by atoms with van der Waals surface area (Å²) in [5.41, 5.74) is 2.70. The summed E-state index contributed by atoms with van der Waals surface area (Å²) < 4.78 is 63.6. The molecule has 0 spiro atoms. The molecule has 2 fully saturated rings. The summed E-state index contributed by atoms with van der Waals surface area (Å²) in [7, 11) is 4.04. The number of unbranched alkanes of at least 4 members (excludes halogenated alkanes) is 8. The number of H-pyrrole nitrogens is 1. The third kappa shape index (κ3) is 19.8. The van der Waals surface area contributed by atoms with Gasteiger partial charge in [-0.05, 0) is 131 Å². The van der Waals surface area contributed by atoms with Crippen molar-refractivity contribution in [3.05, 3.63) is 108 Å². The number of aromatic amines is 1. The van der Waals surface area contributed by atoms with E-state index in [9.17, 15) is 36.9 Å². The number of amides is 3. The highest BCUT2D eigenvalue weighted by molar-refractivity contribution is 7.82. The molecule has 2 aromatic heterocycles. The number of aromatic nitrogens is 2. The van der Waals surface area contributed by atoms with Crippen LogP contribution in [0.3, 0.4) is 0 Å². The van der Waals surface area contributed by atoms with Crippen LogP contribution in [0.15, 0.2) is 89.8 Å². The Morgan fingerprint density at radius 3 is 2.29 bits per heavy atom. The Hall–Kier alpha value is -7.10. The second-order valence-corrected chi connectivity index (χ2v) is 23.4. The molecule has 4 heterocycles. The standard InChI is InChI=1S/C63H81F3N10O6S/c1-72-39-32-50(33-40-72)70-54-23-17-24-57-53(54)43-51(76(57)46-63(64,65)66)22-18-37-68-55-30-28-52(44-58(55)82-3)83(81)73(2)38-15-10-8-6-4-5-7-9-14-36-69-59(77)25-16-21-49-27-29-56(71-49)61(79)75(47-67)45-62(80)34-41-74(42-35-62)60(78)31-26-48-19-12-11-13-20-48/h11-13,17,19-20,23-24,27-30,43-44,47,50,67-68,70-71,80H,4-10,14-15,25-26,31-42,45-46H2,1-3H3,(H,69,77). The zero-order chi connectivity index (χ0) is 59.2. The number of likely N-dealkylation sites (tertiary alicyclic amines) is 2. The fourth-order valence-electron chi connectivity index (χ4n) is 10.5. The van der Waals surface area contributed by atoms with E-state index < -0.39 is 35.2 Å². The Labute approximate surface area is 489 Å². The minimum absolute atomic E-state index is 0.00803. The van der Waals surface area contributed by atoms with Gasteiger partial charge in [0.2, 0.25) is 11.8 Å². The lowest BCUT2D eigenvalue weighted by Gasteiger charge is -2.40. The van der Waals surface area contributed by atoms with Gasteiger partial charge in [0.15, 0.2) is 0 Å². The number of nitrogens with zero attached hydrogens (tertiary/aromatic N) is 5. The van der Waals surface area contributed by atoms with Crippen molar-refractivity contribution in [3.63, 3.8) is 0 Å². The van der Waals surface area contributed by atoms with Gasteiger partial charge in [-0.3, -0.25) is 24.7 Å². The van der Waals surface area contributed by atoms with Gasteiger partial charge in [-0.1, -0.05) is 93.2 Å². The molecule has 1 unspecified atom stereocenters. The molecule has 3 aromatic carbocycles. The summed E-state index contributed by atoms with van der Waals surface area (Å²) in [4.78, 5) is 47.3. The number of carbonyl (C=O) groups is 3. The normalized spacial score (nSPS) is 15.0. The minimum atomic E-state index is -4.43. The number of hydrogen-bond donors (Lipinski definition) is 6. The third-order valence-corrected chi connectivity index (χ3v) is 16.8. The highest BCUT2D eigenvalue weighted by Crippen LogP contribution is 2.32. The molecule has 83 heavy (non-hydrogen) atoms. The number of benzene rings is 3. The molecule has 0 aliphatic carbocycles. The number of halogens is 3. The number of alkyl halides is 3. The largest absolute Gasteiger partial charge is 0.495 e. The van der Waals surface area contributed by atoms with Crippen molar-refractivity contribution >= 4 is 57.3 Å². The van der Waals surface area contributed by atoms with E-state index in [0.29, 0.717) is 84.8 Å². The first-order valence-corrected chi connectivity index (χ1v) is 30.1. The first-order chi connectivity index (χ1) is 40.0. The summed E-state index contributed by atoms with van der Waals surface area (Å²) in [6, 6.07) is 25.7. The van der Waals surface area contributed by atoms with Gasteiger partial charge in [0.25, 0.3) is 5.91 Å². The van der Waals surface area contributed by atoms with Crippen molar-refractivity contribution in [2.45, 2.75) is 132 Å². The summed E-state index contributed by atoms with van der Waals surface area (Å²) in [5.74, 6) is 11.6. The van der Waals surface area contributed by atoms with E-state index in [1.165, 1.54) is 11.7 Å². The van der Waals surface area contributed by atoms with Crippen molar-refractivity contribution in [1.82, 2.24) is 33.9 Å². The van der Waals surface area contributed by atoms with Crippen LogP contribution >= 0.6 is 0 Å². The molecule has 6 N–H and O–H groups in total. The van der Waals surface area contributed by atoms with E-state index in [0.717, 1.165) is 106 Å². The number of fused-ring (bicyclic) bond motifs is 1. The Balaban J connectivity index is 0.724. The van der Waals surface area contributed by atoms with Crippen LogP contribution in [0.1, 0.15) is 124 Å². The number of aliphatic hydroxyl groups is 1. The van der Waals surface area contributed by atoms with Crippen molar-refractivity contribution in [3.8, 4) is 29.4 Å². The number of carbonyl (C=O) groups excluding carboxylic acids is 3. The quantitative estimate of drug-likeness (QED) is 0.0123. The van der Waals surface area contributed by atoms with E-state index in [2.05, 4.69) is 56.6 Å². The molecule has 2 aliphatic heterocycles. The van der Waals surface area contributed by atoms with Crippen LogP contribution < -0.4 is 20.7 Å². The number of piperidine rings is 2. The highest BCUT2D eigenvalue weighted by Gasteiger charge is 2.37. The molecule has 446 valence electrons. The van der Waals surface area contributed by atoms with Gasteiger partial charge >= 0.3 is 6.18 Å². The van der Waals surface area contributed by atoms with Gasteiger partial charge in [0.1, 0.15) is 29.0 Å². The topological polar surface area (TPSA) is 191 Å². The third-order valence-electron chi connectivity index (χ3n) is 15.4. The van der Waals surface area contributed by atoms with E-state index in [1.807, 2.05) is 47.8 Å². The molecule has 16 nitrogen and oxygen atoms in total. The number of hydrogen-bond acceptors (Lipinski definition) is 10. The van der Waals surface area contributed by atoms with E-state index >= 15 is 0 Å². The zero-order valence-corrected chi connectivity index (χ0v) is 49.0. The summed E-state index contributed by atoms with van der Waals surface area (Å²) in [6.45, 7) is 2.81. The van der Waals surface area contributed by atoms with E-state index in [4.69, 9.17) is 10.1 Å². The van der Waals surface area contributed by atoms with Crippen LogP contribution in [0.4, 0.5) is 24.5 Å². The van der Waals surface area contributed by atoms with Crippen LogP contribution in [-0.2, 0) is 33.5 Å². The van der Waals surface area contributed by atoms with Crippen molar-refractivity contribution in [1.29, 1.82) is 5.41 Å². The Morgan fingerprint density at radius 1 is 0.880 bits per heavy atom. The van der Waals surface area contributed by atoms with Gasteiger partial charge in [0.05, 0.1) is 66.0 Å². The molecule has 3 amide bonds. The maximum Gasteiger partial charge on any atom is 0.406 e. The molecule has 0 bridgehead atoms. The van der Waals surface area contributed by atoms with E-state index in [1.54, 1.807) is 53.4 Å². The molecule has 20 heteroatoms. The molecular formula is C63H81F3N10O6S. The van der Waals surface area contributed by atoms with Crippen molar-refractivity contribution < 1.29 is 41.6 Å². The molecule has 1 atom stereocenters. The molecule has 5 aromatic rings. The number of rotatable bonds is 28. The van der Waals surface area contributed by atoms with Gasteiger partial charge in [0, 0.05) is 56.8 Å². The molecule has 2 aliphatic rings. The van der Waals surface area contributed by atoms with Crippen LogP contribution in [0.5, 0.6) is 5.75 Å². The van der Waals surface area contributed by atoms with Crippen molar-refractivity contribution in [2.75, 3.05) is 84.2 Å².